The van der Waals surface area contributed by atoms with Crippen molar-refractivity contribution in [2.24, 2.45) is 0 Å². The van der Waals surface area contributed by atoms with Gasteiger partial charge in [-0.15, -0.1) is 0 Å². The molecule has 1 saturated heterocycles. The second-order valence-corrected chi connectivity index (χ2v) is 5.79. The van der Waals surface area contributed by atoms with Crippen LogP contribution in [0.5, 0.6) is 0 Å². The van der Waals surface area contributed by atoms with Crippen molar-refractivity contribution in [3.8, 4) is 0 Å². The summed E-state index contributed by atoms with van der Waals surface area (Å²) >= 11 is 0. The number of aryl methyl sites for hydroxylation is 1. The second-order valence-electron chi connectivity index (χ2n) is 5.79. The predicted molar refractivity (Wildman–Crippen MR) is 83.0 cm³/mol. The molecule has 0 amide bonds. The maximum absolute atomic E-state index is 5.84. The number of pyridine rings is 1. The maximum Gasteiger partial charge on any atom is 0.0575 e. The molecule has 20 heavy (non-hydrogen) atoms. The Hall–Kier alpha value is -0.930. The molecule has 1 fully saturated rings. The lowest BCUT2D eigenvalue weighted by atomic mass is 9.98. The molecule has 1 aromatic rings. The lowest BCUT2D eigenvalue weighted by molar-refractivity contribution is 0.00859. The Morgan fingerprint density at radius 1 is 1.45 bits per heavy atom. The van der Waals surface area contributed by atoms with E-state index in [2.05, 4.69) is 30.2 Å². The van der Waals surface area contributed by atoms with E-state index >= 15 is 0 Å². The van der Waals surface area contributed by atoms with E-state index in [-0.39, 0.29) is 0 Å². The van der Waals surface area contributed by atoms with Gasteiger partial charge in [-0.05, 0) is 57.2 Å². The molecule has 0 aliphatic carbocycles. The molecule has 1 N–H and O–H groups in total. The summed E-state index contributed by atoms with van der Waals surface area (Å²) in [6.07, 6.45) is 9.55. The summed E-state index contributed by atoms with van der Waals surface area (Å²) in [5, 5.41) is 3.60. The van der Waals surface area contributed by atoms with Gasteiger partial charge in [-0.2, -0.15) is 0 Å². The van der Waals surface area contributed by atoms with Crippen molar-refractivity contribution >= 4 is 0 Å². The minimum atomic E-state index is 0.481. The normalized spacial score (nSPS) is 20.8. The van der Waals surface area contributed by atoms with E-state index in [9.17, 15) is 0 Å². The predicted octanol–water partition coefficient (Wildman–Crippen LogP) is 3.26. The molecule has 1 aliphatic heterocycles. The van der Waals surface area contributed by atoms with E-state index in [1.807, 2.05) is 12.3 Å². The summed E-state index contributed by atoms with van der Waals surface area (Å²) in [5.41, 5.74) is 2.52. The van der Waals surface area contributed by atoms with Crippen molar-refractivity contribution in [3.63, 3.8) is 0 Å². The quantitative estimate of drug-likeness (QED) is 0.830. The Bertz CT molecular complexity index is 388. The van der Waals surface area contributed by atoms with Gasteiger partial charge in [0.25, 0.3) is 0 Å². The van der Waals surface area contributed by atoms with Crippen molar-refractivity contribution < 1.29 is 4.74 Å². The van der Waals surface area contributed by atoms with Crippen molar-refractivity contribution in [1.82, 2.24) is 10.3 Å². The lowest BCUT2D eigenvalue weighted by Crippen LogP contribution is -2.33. The summed E-state index contributed by atoms with van der Waals surface area (Å²) in [5.74, 6) is 0. The van der Waals surface area contributed by atoms with Crippen LogP contribution in [-0.4, -0.2) is 30.3 Å². The molecule has 0 spiro atoms. The molecule has 2 heterocycles. The van der Waals surface area contributed by atoms with Gasteiger partial charge in [-0.25, -0.2) is 0 Å². The largest absolute Gasteiger partial charge is 0.378 e. The van der Waals surface area contributed by atoms with Gasteiger partial charge < -0.3 is 10.1 Å². The SMILES string of the molecule is CCNC(CCC1CCCCO1)Cc1ncccc1C. The molecule has 2 rings (SSSR count). The highest BCUT2D eigenvalue weighted by atomic mass is 16.5. The molecule has 0 aromatic carbocycles. The Labute approximate surface area is 123 Å². The number of nitrogens with one attached hydrogen (secondary N) is 1. The van der Waals surface area contributed by atoms with Gasteiger partial charge >= 0.3 is 0 Å². The molecular weight excluding hydrogens is 248 g/mol. The molecule has 2 unspecified atom stereocenters. The van der Waals surface area contributed by atoms with Gasteiger partial charge in [0.05, 0.1) is 6.10 Å². The molecule has 1 aromatic heterocycles. The van der Waals surface area contributed by atoms with Gasteiger partial charge in [0.15, 0.2) is 0 Å². The van der Waals surface area contributed by atoms with Gasteiger partial charge in [-0.3, -0.25) is 4.98 Å². The first-order chi connectivity index (χ1) is 9.79. The minimum absolute atomic E-state index is 0.481. The first kappa shape index (κ1) is 15.5. The van der Waals surface area contributed by atoms with Gasteiger partial charge in [-0.1, -0.05) is 13.0 Å². The summed E-state index contributed by atoms with van der Waals surface area (Å²) in [6, 6.07) is 4.67. The highest BCUT2D eigenvalue weighted by molar-refractivity contribution is 5.18. The molecule has 3 heteroatoms. The van der Waals surface area contributed by atoms with Crippen LogP contribution < -0.4 is 5.32 Å². The Morgan fingerprint density at radius 2 is 2.35 bits per heavy atom. The molecule has 0 bridgehead atoms. The smallest absolute Gasteiger partial charge is 0.0575 e. The van der Waals surface area contributed by atoms with Crippen LogP contribution in [0.4, 0.5) is 0 Å². The van der Waals surface area contributed by atoms with Crippen molar-refractivity contribution in [2.45, 2.75) is 64.5 Å². The van der Waals surface area contributed by atoms with Crippen molar-refractivity contribution in [3.05, 3.63) is 29.6 Å². The van der Waals surface area contributed by atoms with E-state index in [1.54, 1.807) is 0 Å². The van der Waals surface area contributed by atoms with E-state index in [0.29, 0.717) is 12.1 Å². The van der Waals surface area contributed by atoms with Crippen LogP contribution in [0.3, 0.4) is 0 Å². The molecule has 3 nitrogen and oxygen atoms in total. The van der Waals surface area contributed by atoms with Crippen LogP contribution >= 0.6 is 0 Å². The van der Waals surface area contributed by atoms with Crippen LogP contribution in [0.2, 0.25) is 0 Å². The summed E-state index contributed by atoms with van der Waals surface area (Å²) in [4.78, 5) is 4.52. The van der Waals surface area contributed by atoms with E-state index in [0.717, 1.165) is 19.6 Å². The number of aromatic nitrogens is 1. The molecule has 0 radical (unpaired) electrons. The standard InChI is InChI=1S/C17H28N2O/c1-3-18-15(9-10-16-8-4-5-12-20-16)13-17-14(2)7-6-11-19-17/h6-7,11,15-16,18H,3-5,8-10,12-13H2,1-2H3. The number of hydrogen-bond acceptors (Lipinski definition) is 3. The van der Waals surface area contributed by atoms with Crippen LogP contribution in [0.15, 0.2) is 18.3 Å². The summed E-state index contributed by atoms with van der Waals surface area (Å²) < 4.78 is 5.84. The monoisotopic (exact) mass is 276 g/mol. The molecular formula is C17H28N2O. The van der Waals surface area contributed by atoms with E-state index in [4.69, 9.17) is 4.74 Å². The summed E-state index contributed by atoms with van der Waals surface area (Å²) in [6.45, 7) is 6.29. The fraction of sp³-hybridized carbons (Fsp3) is 0.706. The second kappa shape index (κ2) is 8.38. The number of rotatable bonds is 7. The third kappa shape index (κ3) is 4.88. The minimum Gasteiger partial charge on any atom is -0.378 e. The van der Waals surface area contributed by atoms with Crippen LogP contribution in [0.1, 0.15) is 50.3 Å². The highest BCUT2D eigenvalue weighted by Crippen LogP contribution is 2.19. The Kier molecular flexibility index (Phi) is 6.48. The molecule has 0 saturated carbocycles. The van der Waals surface area contributed by atoms with Gasteiger partial charge in [0, 0.05) is 31.0 Å². The van der Waals surface area contributed by atoms with Crippen molar-refractivity contribution in [2.75, 3.05) is 13.2 Å². The maximum atomic E-state index is 5.84. The number of likely N-dealkylation sites (N-methyl/N-ethyl adjacent to an activating group) is 1. The van der Waals surface area contributed by atoms with E-state index in [1.165, 1.54) is 43.4 Å². The first-order valence-electron chi connectivity index (χ1n) is 8.05. The summed E-state index contributed by atoms with van der Waals surface area (Å²) in [7, 11) is 0. The van der Waals surface area contributed by atoms with E-state index < -0.39 is 0 Å². The van der Waals surface area contributed by atoms with Gasteiger partial charge in [0.2, 0.25) is 0 Å². The Balaban J connectivity index is 1.84. The molecule has 1 aliphatic rings. The zero-order chi connectivity index (χ0) is 14.2. The fourth-order valence-electron chi connectivity index (χ4n) is 2.95. The average molecular weight is 276 g/mol. The number of nitrogens with zero attached hydrogens (tertiary/aromatic N) is 1. The lowest BCUT2D eigenvalue weighted by Gasteiger charge is -2.25. The van der Waals surface area contributed by atoms with Crippen LogP contribution in [0, 0.1) is 6.92 Å². The topological polar surface area (TPSA) is 34.1 Å². The number of hydrogen-bond donors (Lipinski definition) is 1. The molecule has 2 atom stereocenters. The Morgan fingerprint density at radius 3 is 3.05 bits per heavy atom. The van der Waals surface area contributed by atoms with Crippen LogP contribution in [0.25, 0.3) is 0 Å². The zero-order valence-electron chi connectivity index (χ0n) is 12.9. The molecule has 112 valence electrons. The highest BCUT2D eigenvalue weighted by Gasteiger charge is 2.17. The fourth-order valence-corrected chi connectivity index (χ4v) is 2.95. The third-order valence-corrected chi connectivity index (χ3v) is 4.16. The number of ether oxygens (including phenoxy) is 1. The zero-order valence-corrected chi connectivity index (χ0v) is 12.9. The third-order valence-electron chi connectivity index (χ3n) is 4.16. The van der Waals surface area contributed by atoms with Crippen LogP contribution in [-0.2, 0) is 11.2 Å². The van der Waals surface area contributed by atoms with Gasteiger partial charge in [0.1, 0.15) is 0 Å². The first-order valence-corrected chi connectivity index (χ1v) is 8.05. The average Bonchev–Trinajstić information content (AvgIpc) is 2.48. The van der Waals surface area contributed by atoms with Crippen molar-refractivity contribution in [1.29, 1.82) is 0 Å².